The standard InChI is InChI=1S/C32H35ClN6O3/c1-4-29(40)39-15-14-38(18-23(39)17-34-2)31-25-20-41-28(24-11-5-8-21-9-6-12-26(33)30(21)24)16-27(25)35-32(36-31)42-19-22-10-7-13-37(22)3/h4-6,8-9,11-12,22-23,28H,1,7,10,13-20H2,3H3/t22-,23-,28+/m0/s1. The summed E-state index contributed by atoms with van der Waals surface area (Å²) < 4.78 is 12.8. The topological polar surface area (TPSA) is 75.4 Å². The predicted molar refractivity (Wildman–Crippen MR) is 163 cm³/mol. The summed E-state index contributed by atoms with van der Waals surface area (Å²) in [6.45, 7) is 14.8. The van der Waals surface area contributed by atoms with Gasteiger partial charge in [-0.1, -0.05) is 48.5 Å². The van der Waals surface area contributed by atoms with E-state index in [9.17, 15) is 4.79 Å². The second-order valence-electron chi connectivity index (χ2n) is 11.2. The minimum absolute atomic E-state index is 0.155. The third-order valence-corrected chi connectivity index (χ3v) is 9.02. The van der Waals surface area contributed by atoms with E-state index in [-0.39, 0.29) is 24.6 Å². The number of benzene rings is 2. The highest BCUT2D eigenvalue weighted by Crippen LogP contribution is 2.39. The van der Waals surface area contributed by atoms with Gasteiger partial charge in [0.1, 0.15) is 18.5 Å². The molecule has 0 saturated carbocycles. The van der Waals surface area contributed by atoms with Gasteiger partial charge >= 0.3 is 6.01 Å². The Hall–Kier alpha value is -3.71. The number of likely N-dealkylation sites (N-methyl/N-ethyl adjacent to an activating group) is 1. The maximum absolute atomic E-state index is 12.5. The maximum atomic E-state index is 12.5. The smallest absolute Gasteiger partial charge is 0.318 e. The van der Waals surface area contributed by atoms with Gasteiger partial charge in [0.2, 0.25) is 12.5 Å². The molecule has 0 bridgehead atoms. The second kappa shape index (κ2) is 12.3. The van der Waals surface area contributed by atoms with E-state index >= 15 is 0 Å². The highest BCUT2D eigenvalue weighted by molar-refractivity contribution is 6.35. The van der Waals surface area contributed by atoms with Crippen LogP contribution in [-0.2, 0) is 22.6 Å². The summed E-state index contributed by atoms with van der Waals surface area (Å²) in [6.07, 6.45) is 3.89. The molecule has 0 N–H and O–H groups in total. The monoisotopic (exact) mass is 586 g/mol. The number of anilines is 1. The molecule has 2 saturated heterocycles. The van der Waals surface area contributed by atoms with E-state index in [0.29, 0.717) is 56.3 Å². The molecule has 0 spiro atoms. The molecule has 0 radical (unpaired) electrons. The molecule has 0 unspecified atom stereocenters. The molecule has 2 fully saturated rings. The lowest BCUT2D eigenvalue weighted by Crippen LogP contribution is -2.56. The number of nitrogens with zero attached hydrogens (tertiary/aromatic N) is 6. The van der Waals surface area contributed by atoms with Crippen molar-refractivity contribution in [2.75, 3.05) is 51.3 Å². The summed E-state index contributed by atoms with van der Waals surface area (Å²) in [5.74, 6) is 0.600. The molecular weight excluding hydrogens is 552 g/mol. The Morgan fingerprint density at radius 2 is 2.05 bits per heavy atom. The Bertz CT molecular complexity index is 1540. The molecule has 0 aliphatic carbocycles. The Labute approximate surface area is 251 Å². The fourth-order valence-electron chi connectivity index (χ4n) is 6.42. The number of hydrogen-bond donors (Lipinski definition) is 0. The van der Waals surface area contributed by atoms with E-state index in [1.807, 2.05) is 18.2 Å². The molecule has 2 aromatic carbocycles. The number of amides is 1. The zero-order valence-corrected chi connectivity index (χ0v) is 24.6. The van der Waals surface area contributed by atoms with Crippen LogP contribution in [0.25, 0.3) is 15.6 Å². The van der Waals surface area contributed by atoms with Crippen LogP contribution in [-0.4, -0.2) is 84.1 Å². The van der Waals surface area contributed by atoms with Crippen LogP contribution >= 0.6 is 11.6 Å². The first kappa shape index (κ1) is 28.4. The van der Waals surface area contributed by atoms with Crippen LogP contribution in [0.4, 0.5) is 5.82 Å². The third kappa shape index (κ3) is 5.54. The first-order valence-corrected chi connectivity index (χ1v) is 14.9. The Kier molecular flexibility index (Phi) is 8.29. The molecule has 3 atom stereocenters. The zero-order valence-electron chi connectivity index (χ0n) is 23.8. The normalized spacial score (nSPS) is 22.5. The fourth-order valence-corrected chi connectivity index (χ4v) is 6.72. The lowest BCUT2D eigenvalue weighted by atomic mass is 9.94. The van der Waals surface area contributed by atoms with Crippen molar-refractivity contribution in [1.82, 2.24) is 19.8 Å². The van der Waals surface area contributed by atoms with Gasteiger partial charge in [0.15, 0.2) is 0 Å². The first-order chi connectivity index (χ1) is 20.5. The van der Waals surface area contributed by atoms with Gasteiger partial charge in [0.05, 0.1) is 18.4 Å². The van der Waals surface area contributed by atoms with Crippen LogP contribution in [0.1, 0.15) is 35.8 Å². The number of aromatic nitrogens is 2. The number of piperazine rings is 1. The summed E-state index contributed by atoms with van der Waals surface area (Å²) >= 11 is 6.67. The molecule has 6 rings (SSSR count). The minimum Gasteiger partial charge on any atom is -0.462 e. The van der Waals surface area contributed by atoms with Crippen LogP contribution in [0.15, 0.2) is 49.1 Å². The molecular formula is C32H35ClN6O3. The highest BCUT2D eigenvalue weighted by Gasteiger charge is 2.35. The molecule has 42 heavy (non-hydrogen) atoms. The number of carbonyl (C=O) groups is 1. The van der Waals surface area contributed by atoms with Crippen LogP contribution in [0, 0.1) is 6.57 Å². The molecule has 1 amide bonds. The Balaban J connectivity index is 1.34. The number of likely N-dealkylation sites (tertiary alicyclic amines) is 1. The van der Waals surface area contributed by atoms with E-state index in [1.165, 1.54) is 6.08 Å². The van der Waals surface area contributed by atoms with Gasteiger partial charge in [-0.05, 0) is 49.5 Å². The van der Waals surface area contributed by atoms with Crippen molar-refractivity contribution < 1.29 is 14.3 Å². The molecule has 3 aliphatic rings. The van der Waals surface area contributed by atoms with Crippen LogP contribution in [0.3, 0.4) is 0 Å². The number of fused-ring (bicyclic) bond motifs is 2. The molecule has 9 nitrogen and oxygen atoms in total. The Morgan fingerprint density at radius 3 is 2.81 bits per heavy atom. The van der Waals surface area contributed by atoms with Crippen molar-refractivity contribution in [2.24, 2.45) is 0 Å². The van der Waals surface area contributed by atoms with Crippen LogP contribution < -0.4 is 9.64 Å². The van der Waals surface area contributed by atoms with Gasteiger partial charge in [-0.3, -0.25) is 4.79 Å². The van der Waals surface area contributed by atoms with E-state index in [1.54, 1.807) is 4.90 Å². The highest BCUT2D eigenvalue weighted by atomic mass is 35.5. The van der Waals surface area contributed by atoms with Gasteiger partial charge in [0, 0.05) is 48.1 Å². The third-order valence-electron chi connectivity index (χ3n) is 8.71. The number of hydrogen-bond acceptors (Lipinski definition) is 7. The van der Waals surface area contributed by atoms with Gasteiger partial charge in [-0.25, -0.2) is 6.57 Å². The van der Waals surface area contributed by atoms with Crippen molar-refractivity contribution in [3.63, 3.8) is 0 Å². The van der Waals surface area contributed by atoms with Crippen molar-refractivity contribution in [3.05, 3.63) is 82.3 Å². The second-order valence-corrected chi connectivity index (χ2v) is 11.6. The van der Waals surface area contributed by atoms with Gasteiger partial charge in [0.25, 0.3) is 0 Å². The van der Waals surface area contributed by atoms with E-state index in [0.717, 1.165) is 52.8 Å². The molecule has 1 aromatic heterocycles. The van der Waals surface area contributed by atoms with E-state index in [2.05, 4.69) is 46.5 Å². The van der Waals surface area contributed by atoms with Crippen molar-refractivity contribution in [1.29, 1.82) is 0 Å². The van der Waals surface area contributed by atoms with Crippen LogP contribution in [0.5, 0.6) is 6.01 Å². The lowest BCUT2D eigenvalue weighted by molar-refractivity contribution is -0.128. The number of ether oxygens (including phenoxy) is 2. The first-order valence-electron chi connectivity index (χ1n) is 14.5. The summed E-state index contributed by atoms with van der Waals surface area (Å²) in [6, 6.07) is 12.5. The number of halogens is 1. The Morgan fingerprint density at radius 1 is 1.21 bits per heavy atom. The number of carbonyl (C=O) groups excluding carboxylic acids is 1. The largest absolute Gasteiger partial charge is 0.462 e. The quantitative estimate of drug-likeness (QED) is 0.294. The summed E-state index contributed by atoms with van der Waals surface area (Å²) in [5.41, 5.74) is 2.85. The van der Waals surface area contributed by atoms with Crippen LogP contribution in [0.2, 0.25) is 5.02 Å². The molecule has 218 valence electrons. The maximum Gasteiger partial charge on any atom is 0.318 e. The van der Waals surface area contributed by atoms with Crippen molar-refractivity contribution in [2.45, 2.75) is 44.1 Å². The fraction of sp³-hybridized carbons (Fsp3) is 0.438. The number of rotatable bonds is 7. The molecule has 3 aromatic rings. The average molecular weight is 587 g/mol. The molecule has 4 heterocycles. The SMILES string of the molecule is [C-]#[N+]C[C@H]1CN(c2nc(OC[C@@H]3CCCN3C)nc3c2CO[C@@H](c2cccc4cccc(Cl)c24)C3)CCN1C(=O)C=C. The van der Waals surface area contributed by atoms with E-state index in [4.69, 9.17) is 37.6 Å². The minimum atomic E-state index is -0.265. The zero-order chi connectivity index (χ0) is 29.2. The van der Waals surface area contributed by atoms with Crippen molar-refractivity contribution >= 4 is 34.1 Å². The lowest BCUT2D eigenvalue weighted by Gasteiger charge is -2.40. The van der Waals surface area contributed by atoms with Crippen molar-refractivity contribution in [3.8, 4) is 6.01 Å². The molecule has 10 heteroatoms. The van der Waals surface area contributed by atoms with Gasteiger partial charge < -0.3 is 29.0 Å². The summed E-state index contributed by atoms with van der Waals surface area (Å²) in [7, 11) is 2.12. The molecule has 3 aliphatic heterocycles. The van der Waals surface area contributed by atoms with Gasteiger partial charge in [-0.15, -0.1) is 0 Å². The predicted octanol–water partition coefficient (Wildman–Crippen LogP) is 4.69. The van der Waals surface area contributed by atoms with E-state index < -0.39 is 0 Å². The summed E-state index contributed by atoms with van der Waals surface area (Å²) in [5, 5.41) is 2.76. The average Bonchev–Trinajstić information content (AvgIpc) is 3.43. The van der Waals surface area contributed by atoms with Gasteiger partial charge in [-0.2, -0.15) is 9.97 Å². The summed E-state index contributed by atoms with van der Waals surface area (Å²) in [4.78, 5) is 32.2.